The van der Waals surface area contributed by atoms with Crippen LogP contribution in [0.2, 0.25) is 0 Å². The van der Waals surface area contributed by atoms with Crippen LogP contribution in [0.25, 0.3) is 0 Å². The topological polar surface area (TPSA) is 99.2 Å². The number of methoxy groups -OCH3 is 1. The molecular formula is C17H27N3O5S. The molecule has 1 saturated heterocycles. The first-order valence-electron chi connectivity index (χ1n) is 8.68. The lowest BCUT2D eigenvalue weighted by atomic mass is 10.2. The molecule has 1 aromatic rings. The van der Waals surface area contributed by atoms with Crippen LogP contribution < -0.4 is 14.4 Å². The maximum atomic E-state index is 11.8. The molecule has 2 aliphatic rings. The van der Waals surface area contributed by atoms with Crippen LogP contribution in [0.4, 0.5) is 5.69 Å². The summed E-state index contributed by atoms with van der Waals surface area (Å²) >= 11 is 0. The SMILES string of the molecule is COc1ccc(N2CCN(CCNS(=O)(=O)C3CC3)CC2)cc1.O=CO. The summed E-state index contributed by atoms with van der Waals surface area (Å²) < 4.78 is 31.5. The number of ether oxygens (including phenoxy) is 1. The maximum Gasteiger partial charge on any atom is 0.290 e. The number of hydrogen-bond donors (Lipinski definition) is 2. The highest BCUT2D eigenvalue weighted by Gasteiger charge is 2.35. The summed E-state index contributed by atoms with van der Waals surface area (Å²) in [6.07, 6.45) is 1.63. The van der Waals surface area contributed by atoms with Crippen molar-refractivity contribution in [2.75, 3.05) is 51.3 Å². The largest absolute Gasteiger partial charge is 0.497 e. The predicted octanol–water partition coefficient (Wildman–Crippen LogP) is 0.600. The molecule has 9 heteroatoms. The Morgan fingerprint density at radius 2 is 1.77 bits per heavy atom. The summed E-state index contributed by atoms with van der Waals surface area (Å²) in [6.45, 7) is 4.88. The van der Waals surface area contributed by atoms with Crippen LogP contribution in [-0.4, -0.2) is 76.5 Å². The molecule has 0 aromatic heterocycles. The first-order chi connectivity index (χ1) is 12.5. The van der Waals surface area contributed by atoms with Crippen LogP contribution in [0.1, 0.15) is 12.8 Å². The van der Waals surface area contributed by atoms with Crippen molar-refractivity contribution in [3.05, 3.63) is 24.3 Å². The van der Waals surface area contributed by atoms with Crippen molar-refractivity contribution in [2.45, 2.75) is 18.1 Å². The highest BCUT2D eigenvalue weighted by molar-refractivity contribution is 7.90. The third-order valence-corrected chi connectivity index (χ3v) is 6.46. The van der Waals surface area contributed by atoms with Gasteiger partial charge in [0.1, 0.15) is 5.75 Å². The monoisotopic (exact) mass is 385 g/mol. The van der Waals surface area contributed by atoms with Gasteiger partial charge in [-0.25, -0.2) is 13.1 Å². The van der Waals surface area contributed by atoms with Crippen LogP contribution in [-0.2, 0) is 14.8 Å². The molecule has 8 nitrogen and oxygen atoms in total. The fourth-order valence-electron chi connectivity index (χ4n) is 2.86. The van der Waals surface area contributed by atoms with Crippen molar-refractivity contribution in [1.29, 1.82) is 0 Å². The minimum atomic E-state index is -3.05. The van der Waals surface area contributed by atoms with Gasteiger partial charge < -0.3 is 14.7 Å². The van der Waals surface area contributed by atoms with E-state index in [2.05, 4.69) is 26.7 Å². The second kappa shape index (κ2) is 9.75. The Morgan fingerprint density at radius 3 is 2.27 bits per heavy atom. The number of sulfonamides is 1. The normalized spacial score (nSPS) is 18.0. The number of piperazine rings is 1. The van der Waals surface area contributed by atoms with Gasteiger partial charge in [-0.1, -0.05) is 0 Å². The van der Waals surface area contributed by atoms with E-state index in [1.54, 1.807) is 7.11 Å². The Hall–Kier alpha value is -1.84. The number of nitrogens with one attached hydrogen (secondary N) is 1. The van der Waals surface area contributed by atoms with Crippen molar-refractivity contribution in [3.8, 4) is 5.75 Å². The van der Waals surface area contributed by atoms with Gasteiger partial charge >= 0.3 is 0 Å². The molecule has 1 aliphatic carbocycles. The zero-order valence-electron chi connectivity index (χ0n) is 15.0. The van der Waals surface area contributed by atoms with Gasteiger partial charge in [-0.2, -0.15) is 0 Å². The van der Waals surface area contributed by atoms with E-state index in [4.69, 9.17) is 14.6 Å². The fraction of sp³-hybridized carbons (Fsp3) is 0.588. The zero-order chi connectivity index (χ0) is 19.0. The summed E-state index contributed by atoms with van der Waals surface area (Å²) in [6, 6.07) is 8.12. The average molecular weight is 385 g/mol. The van der Waals surface area contributed by atoms with Crippen LogP contribution >= 0.6 is 0 Å². The van der Waals surface area contributed by atoms with Crippen molar-refractivity contribution in [1.82, 2.24) is 9.62 Å². The van der Waals surface area contributed by atoms with E-state index < -0.39 is 10.0 Å². The highest BCUT2D eigenvalue weighted by atomic mass is 32.2. The molecule has 0 bridgehead atoms. The Bertz CT molecular complexity index is 653. The third-order valence-electron chi connectivity index (χ3n) is 4.50. The standard InChI is InChI=1S/C16H25N3O3S.CH2O2/c1-22-15-4-2-14(3-5-15)19-12-10-18(11-13-19)9-8-17-23(20,21)16-6-7-16;2-1-3/h2-5,16-17H,6-13H2,1H3;1H,(H,2,3). The summed E-state index contributed by atoms with van der Waals surface area (Å²) in [7, 11) is -1.38. The second-order valence-corrected chi connectivity index (χ2v) is 8.32. The van der Waals surface area contributed by atoms with Crippen molar-refractivity contribution in [2.24, 2.45) is 0 Å². The molecule has 1 heterocycles. The summed E-state index contributed by atoms with van der Waals surface area (Å²) in [5.41, 5.74) is 1.21. The van der Waals surface area contributed by atoms with E-state index in [0.29, 0.717) is 6.54 Å². The van der Waals surface area contributed by atoms with E-state index >= 15 is 0 Å². The molecule has 26 heavy (non-hydrogen) atoms. The molecule has 0 radical (unpaired) electrons. The first-order valence-corrected chi connectivity index (χ1v) is 10.2. The highest BCUT2D eigenvalue weighted by Crippen LogP contribution is 2.27. The van der Waals surface area contributed by atoms with E-state index in [1.165, 1.54) is 5.69 Å². The number of nitrogens with zero attached hydrogens (tertiary/aromatic N) is 2. The molecule has 3 rings (SSSR count). The van der Waals surface area contributed by atoms with Crippen LogP contribution in [0.15, 0.2) is 24.3 Å². The van der Waals surface area contributed by atoms with Crippen molar-refractivity contribution >= 4 is 22.2 Å². The number of hydrogen-bond acceptors (Lipinski definition) is 6. The van der Waals surface area contributed by atoms with Gasteiger partial charge in [-0.05, 0) is 37.1 Å². The molecule has 0 unspecified atom stereocenters. The minimum Gasteiger partial charge on any atom is -0.497 e. The van der Waals surface area contributed by atoms with Gasteiger partial charge in [0.25, 0.3) is 6.47 Å². The van der Waals surface area contributed by atoms with Gasteiger partial charge in [0, 0.05) is 45.0 Å². The van der Waals surface area contributed by atoms with Crippen molar-refractivity contribution in [3.63, 3.8) is 0 Å². The summed E-state index contributed by atoms with van der Waals surface area (Å²) in [4.78, 5) is 13.0. The molecule has 1 aromatic carbocycles. The number of carbonyl (C=O) groups is 1. The van der Waals surface area contributed by atoms with Crippen LogP contribution in [0, 0.1) is 0 Å². The molecule has 2 fully saturated rings. The van der Waals surface area contributed by atoms with Crippen LogP contribution in [0.3, 0.4) is 0 Å². The molecule has 2 N–H and O–H groups in total. The summed E-state index contributed by atoms with van der Waals surface area (Å²) in [5.74, 6) is 0.871. The zero-order valence-corrected chi connectivity index (χ0v) is 15.8. The molecule has 1 aliphatic heterocycles. The van der Waals surface area contributed by atoms with Gasteiger partial charge in [-0.3, -0.25) is 9.69 Å². The Balaban J connectivity index is 0.000000758. The molecule has 0 atom stereocenters. The summed E-state index contributed by atoms with van der Waals surface area (Å²) in [5, 5.41) is 6.76. The molecule has 1 saturated carbocycles. The number of benzene rings is 1. The van der Waals surface area contributed by atoms with E-state index in [1.807, 2.05) is 12.1 Å². The first kappa shape index (κ1) is 20.5. The Morgan fingerprint density at radius 1 is 1.19 bits per heavy atom. The number of rotatable bonds is 7. The molecule has 0 spiro atoms. The Labute approximate surface area is 154 Å². The number of carboxylic acid groups (broad SMARTS) is 1. The smallest absolute Gasteiger partial charge is 0.290 e. The van der Waals surface area contributed by atoms with E-state index in [9.17, 15) is 8.42 Å². The fourth-order valence-corrected chi connectivity index (χ4v) is 4.23. The maximum absolute atomic E-state index is 11.8. The quantitative estimate of drug-likeness (QED) is 0.663. The molecular weight excluding hydrogens is 358 g/mol. The van der Waals surface area contributed by atoms with Crippen molar-refractivity contribution < 1.29 is 23.1 Å². The number of anilines is 1. The van der Waals surface area contributed by atoms with E-state index in [0.717, 1.165) is 51.3 Å². The Kier molecular flexibility index (Phi) is 7.67. The lowest BCUT2D eigenvalue weighted by Gasteiger charge is -2.36. The van der Waals surface area contributed by atoms with Crippen LogP contribution in [0.5, 0.6) is 5.75 Å². The third kappa shape index (κ3) is 6.15. The average Bonchev–Trinajstić information content (AvgIpc) is 3.49. The van der Waals surface area contributed by atoms with Gasteiger partial charge in [0.2, 0.25) is 10.0 Å². The van der Waals surface area contributed by atoms with E-state index in [-0.39, 0.29) is 11.7 Å². The lowest BCUT2D eigenvalue weighted by Crippen LogP contribution is -2.48. The minimum absolute atomic E-state index is 0.130. The van der Waals surface area contributed by atoms with Gasteiger partial charge in [-0.15, -0.1) is 0 Å². The molecule has 0 amide bonds. The lowest BCUT2D eigenvalue weighted by molar-refractivity contribution is -0.122. The second-order valence-electron chi connectivity index (χ2n) is 6.27. The van der Waals surface area contributed by atoms with Gasteiger partial charge in [0.05, 0.1) is 12.4 Å². The van der Waals surface area contributed by atoms with Gasteiger partial charge in [0.15, 0.2) is 0 Å². The predicted molar refractivity (Wildman–Crippen MR) is 100 cm³/mol. The molecule has 146 valence electrons.